The summed E-state index contributed by atoms with van der Waals surface area (Å²) in [6, 6.07) is 11.1. The molecule has 0 fully saturated rings. The van der Waals surface area contributed by atoms with Gasteiger partial charge in [-0.05, 0) is 32.0 Å². The Labute approximate surface area is 99.7 Å². The molecule has 0 aliphatic carbocycles. The summed E-state index contributed by atoms with van der Waals surface area (Å²) in [6.07, 6.45) is 1.22. The minimum absolute atomic E-state index is 0.683. The number of benzene rings is 1. The number of nitrogens with one attached hydrogen (secondary N) is 1. The number of hydrogen-bond donors (Lipinski definition) is 1. The van der Waals surface area contributed by atoms with Crippen LogP contribution in [0, 0.1) is 0 Å². The molecule has 1 rings (SSSR count). The van der Waals surface area contributed by atoms with Crippen LogP contribution in [0.2, 0.25) is 0 Å². The second kappa shape index (κ2) is 7.29. The summed E-state index contributed by atoms with van der Waals surface area (Å²) < 4.78 is 0. The molecule has 1 aromatic carbocycles. The van der Waals surface area contributed by atoms with Crippen molar-refractivity contribution in [2.75, 3.05) is 25.0 Å². The number of hydrogen-bond acceptors (Lipinski definition) is 2. The number of nitrogens with zero attached hydrogens (tertiary/aromatic N) is 1. The quantitative estimate of drug-likeness (QED) is 0.759. The lowest BCUT2D eigenvalue weighted by molar-refractivity contribution is 0.223. The van der Waals surface area contributed by atoms with Gasteiger partial charge in [-0.3, -0.25) is 4.90 Å². The zero-order valence-corrected chi connectivity index (χ0v) is 10.7. The first-order valence-corrected chi connectivity index (χ1v) is 6.30. The van der Waals surface area contributed by atoms with E-state index < -0.39 is 0 Å². The summed E-state index contributed by atoms with van der Waals surface area (Å²) in [7, 11) is 0. The summed E-state index contributed by atoms with van der Waals surface area (Å²) in [6.45, 7) is 10.0. The van der Waals surface area contributed by atoms with Crippen molar-refractivity contribution < 1.29 is 0 Å². The van der Waals surface area contributed by atoms with E-state index in [1.165, 1.54) is 12.1 Å². The highest BCUT2D eigenvalue weighted by atomic mass is 15.2. The lowest BCUT2D eigenvalue weighted by atomic mass is 10.2. The zero-order valence-electron chi connectivity index (χ0n) is 10.7. The molecule has 1 aromatic rings. The molecule has 0 saturated carbocycles. The molecule has 90 valence electrons. The Bertz CT molecular complexity index is 271. The minimum Gasteiger partial charge on any atom is -0.384 e. The SMILES string of the molecule is CCC(C)N(CC)CCNc1ccccc1. The van der Waals surface area contributed by atoms with Crippen molar-refractivity contribution in [1.29, 1.82) is 0 Å². The van der Waals surface area contributed by atoms with Crippen LogP contribution in [-0.2, 0) is 0 Å². The predicted octanol–water partition coefficient (Wildman–Crippen LogP) is 3.22. The number of para-hydroxylation sites is 1. The number of rotatable bonds is 7. The van der Waals surface area contributed by atoms with E-state index in [-0.39, 0.29) is 0 Å². The summed E-state index contributed by atoms with van der Waals surface area (Å²) in [4.78, 5) is 2.51. The highest BCUT2D eigenvalue weighted by Gasteiger charge is 2.08. The smallest absolute Gasteiger partial charge is 0.0340 e. The fraction of sp³-hybridized carbons (Fsp3) is 0.571. The monoisotopic (exact) mass is 220 g/mol. The molecule has 1 atom stereocenters. The van der Waals surface area contributed by atoms with Crippen molar-refractivity contribution in [2.24, 2.45) is 0 Å². The van der Waals surface area contributed by atoms with Gasteiger partial charge in [0.25, 0.3) is 0 Å². The fourth-order valence-electron chi connectivity index (χ4n) is 1.85. The van der Waals surface area contributed by atoms with Crippen LogP contribution in [0.25, 0.3) is 0 Å². The van der Waals surface area contributed by atoms with Crippen molar-refractivity contribution in [1.82, 2.24) is 4.90 Å². The summed E-state index contributed by atoms with van der Waals surface area (Å²) in [5.41, 5.74) is 1.21. The van der Waals surface area contributed by atoms with Crippen LogP contribution in [0.5, 0.6) is 0 Å². The molecule has 0 radical (unpaired) electrons. The molecule has 1 unspecified atom stereocenters. The van der Waals surface area contributed by atoms with E-state index in [0.717, 1.165) is 19.6 Å². The molecule has 0 heterocycles. The fourth-order valence-corrected chi connectivity index (χ4v) is 1.85. The van der Waals surface area contributed by atoms with E-state index in [9.17, 15) is 0 Å². The van der Waals surface area contributed by atoms with Gasteiger partial charge in [-0.25, -0.2) is 0 Å². The summed E-state index contributed by atoms with van der Waals surface area (Å²) >= 11 is 0. The van der Waals surface area contributed by atoms with Crippen LogP contribution in [0.4, 0.5) is 5.69 Å². The largest absolute Gasteiger partial charge is 0.384 e. The minimum atomic E-state index is 0.683. The van der Waals surface area contributed by atoms with Crippen molar-refractivity contribution in [3.05, 3.63) is 30.3 Å². The molecule has 2 nitrogen and oxygen atoms in total. The van der Waals surface area contributed by atoms with Crippen molar-refractivity contribution in [2.45, 2.75) is 33.2 Å². The Kier molecular flexibility index (Phi) is 5.94. The normalized spacial score (nSPS) is 12.8. The summed E-state index contributed by atoms with van der Waals surface area (Å²) in [5.74, 6) is 0. The second-order valence-corrected chi connectivity index (χ2v) is 4.18. The van der Waals surface area contributed by atoms with Gasteiger partial charge in [0.1, 0.15) is 0 Å². The molecule has 0 aliphatic rings. The van der Waals surface area contributed by atoms with E-state index in [0.29, 0.717) is 6.04 Å². The lowest BCUT2D eigenvalue weighted by Crippen LogP contribution is -2.36. The molecule has 0 bridgehead atoms. The van der Waals surface area contributed by atoms with Gasteiger partial charge < -0.3 is 5.32 Å². The van der Waals surface area contributed by atoms with Crippen LogP contribution in [0.1, 0.15) is 27.2 Å². The highest BCUT2D eigenvalue weighted by molar-refractivity contribution is 5.42. The highest BCUT2D eigenvalue weighted by Crippen LogP contribution is 2.06. The molecule has 16 heavy (non-hydrogen) atoms. The number of anilines is 1. The van der Waals surface area contributed by atoms with Gasteiger partial charge in [0.15, 0.2) is 0 Å². The average molecular weight is 220 g/mol. The molecule has 0 aliphatic heterocycles. The molecular formula is C14H24N2. The van der Waals surface area contributed by atoms with E-state index in [1.807, 2.05) is 6.07 Å². The molecule has 0 spiro atoms. The van der Waals surface area contributed by atoms with Gasteiger partial charge in [0.05, 0.1) is 0 Å². The van der Waals surface area contributed by atoms with E-state index in [1.54, 1.807) is 0 Å². The third-order valence-corrected chi connectivity index (χ3v) is 3.12. The van der Waals surface area contributed by atoms with Crippen LogP contribution in [0.3, 0.4) is 0 Å². The van der Waals surface area contributed by atoms with Crippen LogP contribution in [-0.4, -0.2) is 30.6 Å². The Balaban J connectivity index is 2.28. The third kappa shape index (κ3) is 4.23. The molecular weight excluding hydrogens is 196 g/mol. The standard InChI is InChI=1S/C14H24N2/c1-4-13(3)16(5-2)12-11-15-14-9-7-6-8-10-14/h6-10,13,15H,4-5,11-12H2,1-3H3. The molecule has 1 N–H and O–H groups in total. The first kappa shape index (κ1) is 13.0. The zero-order chi connectivity index (χ0) is 11.8. The third-order valence-electron chi connectivity index (χ3n) is 3.12. The lowest BCUT2D eigenvalue weighted by Gasteiger charge is -2.27. The Hall–Kier alpha value is -1.02. The van der Waals surface area contributed by atoms with Gasteiger partial charge in [0, 0.05) is 24.8 Å². The molecule has 0 aromatic heterocycles. The summed E-state index contributed by atoms with van der Waals surface area (Å²) in [5, 5.41) is 3.45. The maximum absolute atomic E-state index is 3.45. The molecule has 0 saturated heterocycles. The van der Waals surface area contributed by atoms with Crippen molar-refractivity contribution in [3.63, 3.8) is 0 Å². The first-order chi connectivity index (χ1) is 7.77. The van der Waals surface area contributed by atoms with Crippen LogP contribution < -0.4 is 5.32 Å². The Morgan fingerprint density at radius 1 is 1.19 bits per heavy atom. The maximum Gasteiger partial charge on any atom is 0.0340 e. The van der Waals surface area contributed by atoms with Crippen molar-refractivity contribution in [3.8, 4) is 0 Å². The van der Waals surface area contributed by atoms with Gasteiger partial charge in [-0.2, -0.15) is 0 Å². The average Bonchev–Trinajstić information content (AvgIpc) is 2.35. The van der Waals surface area contributed by atoms with Gasteiger partial charge >= 0.3 is 0 Å². The van der Waals surface area contributed by atoms with E-state index in [4.69, 9.17) is 0 Å². The van der Waals surface area contributed by atoms with Crippen molar-refractivity contribution >= 4 is 5.69 Å². The van der Waals surface area contributed by atoms with Gasteiger partial charge in [0.2, 0.25) is 0 Å². The maximum atomic E-state index is 3.45. The van der Waals surface area contributed by atoms with Crippen LogP contribution in [0.15, 0.2) is 30.3 Å². The number of likely N-dealkylation sites (N-methyl/N-ethyl adjacent to an activating group) is 1. The molecule has 0 amide bonds. The van der Waals surface area contributed by atoms with E-state index in [2.05, 4.69) is 55.3 Å². The Morgan fingerprint density at radius 2 is 1.88 bits per heavy atom. The second-order valence-electron chi connectivity index (χ2n) is 4.18. The first-order valence-electron chi connectivity index (χ1n) is 6.30. The topological polar surface area (TPSA) is 15.3 Å². The van der Waals surface area contributed by atoms with Gasteiger partial charge in [-0.15, -0.1) is 0 Å². The van der Waals surface area contributed by atoms with Gasteiger partial charge in [-0.1, -0.05) is 32.0 Å². The Morgan fingerprint density at radius 3 is 2.44 bits per heavy atom. The predicted molar refractivity (Wildman–Crippen MR) is 71.9 cm³/mol. The van der Waals surface area contributed by atoms with E-state index >= 15 is 0 Å². The molecule has 2 heteroatoms. The van der Waals surface area contributed by atoms with Crippen LogP contribution >= 0.6 is 0 Å².